The number of aromatic nitrogens is 7. The van der Waals surface area contributed by atoms with Gasteiger partial charge in [0.2, 0.25) is 0 Å². The van der Waals surface area contributed by atoms with Crippen LogP contribution in [-0.4, -0.2) is 73.3 Å². The van der Waals surface area contributed by atoms with E-state index in [1.165, 1.54) is 31.4 Å². The first kappa shape index (κ1) is 27.9. The Balaban J connectivity index is 1.21. The molecular weight excluding hydrogens is 557 g/mol. The van der Waals surface area contributed by atoms with Crippen molar-refractivity contribution in [1.29, 1.82) is 0 Å². The van der Waals surface area contributed by atoms with Crippen LogP contribution in [0, 0.1) is 5.82 Å². The van der Waals surface area contributed by atoms with Gasteiger partial charge < -0.3 is 19.9 Å². The first-order valence-corrected chi connectivity index (χ1v) is 15.0. The number of H-pyrrole nitrogens is 2. The largest absolute Gasteiger partial charge is 0.489 e. The van der Waals surface area contributed by atoms with Crippen LogP contribution in [0.4, 0.5) is 10.1 Å². The van der Waals surface area contributed by atoms with Crippen LogP contribution >= 0.6 is 0 Å². The van der Waals surface area contributed by atoms with Gasteiger partial charge in [0, 0.05) is 47.7 Å². The number of nitrogens with one attached hydrogen (secondary N) is 3. The Kier molecular flexibility index (Phi) is 7.61. The molecule has 10 nitrogen and oxygen atoms in total. The van der Waals surface area contributed by atoms with Gasteiger partial charge in [-0.1, -0.05) is 6.42 Å². The topological polar surface area (TPSA) is 121 Å². The second-order valence-electron chi connectivity index (χ2n) is 11.6. The maximum absolute atomic E-state index is 14.7. The number of aromatic amines is 2. The summed E-state index contributed by atoms with van der Waals surface area (Å²) in [7, 11) is 4.00. The zero-order valence-corrected chi connectivity index (χ0v) is 24.8. The molecule has 0 spiro atoms. The van der Waals surface area contributed by atoms with Gasteiger partial charge in [-0.2, -0.15) is 5.10 Å². The molecule has 5 aromatic heterocycles. The number of benzene rings is 1. The van der Waals surface area contributed by atoms with E-state index in [0.29, 0.717) is 34.8 Å². The van der Waals surface area contributed by atoms with Gasteiger partial charge in [-0.15, -0.1) is 0 Å². The number of halogens is 1. The molecule has 0 amide bonds. The highest BCUT2D eigenvalue weighted by atomic mass is 19.1. The fraction of sp³-hybridized carbons (Fsp3) is 0.303. The normalized spacial score (nSPS) is 14.1. The first-order valence-electron chi connectivity index (χ1n) is 15.0. The van der Waals surface area contributed by atoms with Crippen molar-refractivity contribution in [3.8, 4) is 39.7 Å². The van der Waals surface area contributed by atoms with Crippen LogP contribution in [0.3, 0.4) is 0 Å². The van der Waals surface area contributed by atoms with Crippen molar-refractivity contribution in [3.05, 3.63) is 67.1 Å². The van der Waals surface area contributed by atoms with Crippen LogP contribution in [0.15, 0.2) is 61.3 Å². The molecule has 3 N–H and O–H groups in total. The third-order valence-corrected chi connectivity index (χ3v) is 8.03. The van der Waals surface area contributed by atoms with Crippen LogP contribution in [0.1, 0.15) is 32.1 Å². The molecule has 0 aliphatic heterocycles. The summed E-state index contributed by atoms with van der Waals surface area (Å²) in [6.45, 7) is 1.53. The van der Waals surface area contributed by atoms with E-state index in [2.05, 4.69) is 40.3 Å². The van der Waals surface area contributed by atoms with Crippen LogP contribution in [-0.2, 0) is 0 Å². The van der Waals surface area contributed by atoms with Crippen molar-refractivity contribution < 1.29 is 9.13 Å². The lowest BCUT2D eigenvalue weighted by Crippen LogP contribution is -2.20. The molecule has 5 heterocycles. The molecule has 1 aliphatic rings. The van der Waals surface area contributed by atoms with E-state index in [9.17, 15) is 4.39 Å². The fourth-order valence-corrected chi connectivity index (χ4v) is 5.78. The molecule has 6 aromatic rings. The van der Waals surface area contributed by atoms with Crippen LogP contribution in [0.2, 0.25) is 0 Å². The Morgan fingerprint density at radius 1 is 0.932 bits per heavy atom. The second kappa shape index (κ2) is 12.0. The minimum atomic E-state index is -0.330. The smallest absolute Gasteiger partial charge is 0.159 e. The highest BCUT2D eigenvalue weighted by molar-refractivity contribution is 5.97. The number of hydrogen-bond acceptors (Lipinski definition) is 8. The van der Waals surface area contributed by atoms with E-state index >= 15 is 0 Å². The molecule has 7 rings (SSSR count). The zero-order chi connectivity index (χ0) is 30.0. The number of anilines is 1. The third-order valence-electron chi connectivity index (χ3n) is 8.03. The molecule has 1 fully saturated rings. The first-order chi connectivity index (χ1) is 21.5. The van der Waals surface area contributed by atoms with Crippen molar-refractivity contribution in [2.24, 2.45) is 0 Å². The minimum absolute atomic E-state index is 0.238. The Morgan fingerprint density at radius 3 is 2.66 bits per heavy atom. The Bertz CT molecular complexity index is 1930. The van der Waals surface area contributed by atoms with Gasteiger partial charge in [-0.3, -0.25) is 20.1 Å². The molecule has 0 radical (unpaired) electrons. The molecule has 0 unspecified atom stereocenters. The molecule has 1 aliphatic carbocycles. The number of fused-ring (bicyclic) bond motifs is 2. The summed E-state index contributed by atoms with van der Waals surface area (Å²) in [5, 5.41) is 11.8. The number of pyridine rings is 3. The number of imidazole rings is 1. The summed E-state index contributed by atoms with van der Waals surface area (Å²) < 4.78 is 20.9. The SMILES string of the molecule is CN(C)CCNc1cc(F)cc(-c2cncc3[nH]c(-c4n[nH]c5cnc(-c6cncc(OC7CCCCC7)c6)cc45)nc23)c1. The van der Waals surface area contributed by atoms with Gasteiger partial charge in [0.25, 0.3) is 0 Å². The zero-order valence-electron chi connectivity index (χ0n) is 24.8. The van der Waals surface area contributed by atoms with Crippen molar-refractivity contribution in [2.45, 2.75) is 38.2 Å². The highest BCUT2D eigenvalue weighted by Crippen LogP contribution is 2.34. The van der Waals surface area contributed by atoms with Crippen molar-refractivity contribution >= 4 is 27.6 Å². The maximum Gasteiger partial charge on any atom is 0.159 e. The Hall–Kier alpha value is -4.90. The van der Waals surface area contributed by atoms with Gasteiger partial charge >= 0.3 is 0 Å². The molecule has 0 atom stereocenters. The number of rotatable bonds is 9. The molecule has 1 aromatic carbocycles. The lowest BCUT2D eigenvalue weighted by molar-refractivity contribution is 0.154. The summed E-state index contributed by atoms with van der Waals surface area (Å²) in [4.78, 5) is 23.9. The predicted molar refractivity (Wildman–Crippen MR) is 170 cm³/mol. The Labute approximate surface area is 254 Å². The van der Waals surface area contributed by atoms with Gasteiger partial charge in [0.1, 0.15) is 17.3 Å². The summed E-state index contributed by atoms with van der Waals surface area (Å²) in [5.41, 5.74) is 6.59. The third kappa shape index (κ3) is 5.83. The summed E-state index contributed by atoms with van der Waals surface area (Å²) in [6, 6.07) is 8.91. The molecule has 0 saturated heterocycles. The summed E-state index contributed by atoms with van der Waals surface area (Å²) >= 11 is 0. The van der Waals surface area contributed by atoms with Gasteiger partial charge in [-0.05, 0) is 75.7 Å². The average Bonchev–Trinajstić information content (AvgIpc) is 3.65. The van der Waals surface area contributed by atoms with E-state index < -0.39 is 0 Å². The average molecular weight is 592 g/mol. The van der Waals surface area contributed by atoms with Crippen LogP contribution in [0.25, 0.3) is 55.8 Å². The monoisotopic (exact) mass is 591 g/mol. The van der Waals surface area contributed by atoms with E-state index in [4.69, 9.17) is 9.72 Å². The van der Waals surface area contributed by atoms with Crippen molar-refractivity contribution in [3.63, 3.8) is 0 Å². The van der Waals surface area contributed by atoms with Crippen molar-refractivity contribution in [2.75, 3.05) is 32.5 Å². The van der Waals surface area contributed by atoms with E-state index in [1.807, 2.05) is 32.3 Å². The summed E-state index contributed by atoms with van der Waals surface area (Å²) in [6.07, 6.45) is 14.8. The lowest BCUT2D eigenvalue weighted by atomic mass is 9.98. The van der Waals surface area contributed by atoms with Crippen molar-refractivity contribution in [1.82, 2.24) is 40.0 Å². The lowest BCUT2D eigenvalue weighted by Gasteiger charge is -2.22. The summed E-state index contributed by atoms with van der Waals surface area (Å²) in [5.74, 6) is 1.00. The minimum Gasteiger partial charge on any atom is -0.489 e. The number of ether oxygens (including phenoxy) is 1. The number of nitrogens with zero attached hydrogens (tertiary/aromatic N) is 6. The quantitative estimate of drug-likeness (QED) is 0.175. The van der Waals surface area contributed by atoms with Crippen LogP contribution in [0.5, 0.6) is 5.75 Å². The van der Waals surface area contributed by atoms with Crippen LogP contribution < -0.4 is 10.1 Å². The maximum atomic E-state index is 14.7. The predicted octanol–water partition coefficient (Wildman–Crippen LogP) is 6.45. The molecule has 11 heteroatoms. The fourth-order valence-electron chi connectivity index (χ4n) is 5.78. The van der Waals surface area contributed by atoms with E-state index in [0.717, 1.165) is 58.4 Å². The molecule has 1 saturated carbocycles. The standard InChI is InChI=1S/C33H34FN9O/c1-43(2)9-8-37-23-11-20(10-22(34)13-23)27-17-36-18-30-31(27)40-33(39-30)32-26-14-28(38-19-29(26)41-42-32)21-12-25(16-35-15-21)44-24-6-4-3-5-7-24/h10-19,24,37H,3-9H2,1-2H3,(H,39,40)(H,41,42). The molecule has 224 valence electrons. The van der Waals surface area contributed by atoms with Gasteiger partial charge in [0.15, 0.2) is 5.82 Å². The second-order valence-corrected chi connectivity index (χ2v) is 11.6. The molecule has 44 heavy (non-hydrogen) atoms. The van der Waals surface area contributed by atoms with E-state index in [-0.39, 0.29) is 11.9 Å². The highest BCUT2D eigenvalue weighted by Gasteiger charge is 2.19. The van der Waals surface area contributed by atoms with Gasteiger partial charge in [0.05, 0.1) is 46.9 Å². The molecular formula is C33H34FN9O. The van der Waals surface area contributed by atoms with Gasteiger partial charge in [-0.25, -0.2) is 9.37 Å². The number of hydrogen-bond donors (Lipinski definition) is 3. The molecule has 0 bridgehead atoms. The Morgan fingerprint density at radius 2 is 1.80 bits per heavy atom. The number of likely N-dealkylation sites (N-methyl/N-ethyl adjacent to an activating group) is 1. The van der Waals surface area contributed by atoms with E-state index in [1.54, 1.807) is 31.0 Å².